The van der Waals surface area contributed by atoms with Crippen LogP contribution in [0.15, 0.2) is 54.6 Å². The standard InChI is InChI=1S/C21H27N3O2/c1-23(18-8-3-2-4-9-18)20-11-6-5-10-19(20)21(25)22-12-7-13-24-14-16-26-17-15-24/h2-6,8-11H,7,12-17H2,1H3,(H,22,25). The summed E-state index contributed by atoms with van der Waals surface area (Å²) >= 11 is 0. The fourth-order valence-corrected chi connectivity index (χ4v) is 3.17. The minimum Gasteiger partial charge on any atom is -0.379 e. The van der Waals surface area contributed by atoms with E-state index in [0.29, 0.717) is 12.1 Å². The van der Waals surface area contributed by atoms with Crippen molar-refractivity contribution in [3.8, 4) is 0 Å². The number of ether oxygens (including phenoxy) is 1. The lowest BCUT2D eigenvalue weighted by atomic mass is 10.1. The van der Waals surface area contributed by atoms with Gasteiger partial charge in [-0.2, -0.15) is 0 Å². The molecule has 0 atom stereocenters. The first-order valence-corrected chi connectivity index (χ1v) is 9.22. The number of rotatable bonds is 7. The Labute approximate surface area is 155 Å². The second-order valence-corrected chi connectivity index (χ2v) is 6.48. The lowest BCUT2D eigenvalue weighted by Crippen LogP contribution is -2.38. The van der Waals surface area contributed by atoms with Crippen LogP contribution in [0.3, 0.4) is 0 Å². The molecule has 0 unspecified atom stereocenters. The average molecular weight is 353 g/mol. The van der Waals surface area contributed by atoms with Crippen LogP contribution in [0.1, 0.15) is 16.8 Å². The third-order valence-electron chi connectivity index (χ3n) is 4.69. The van der Waals surface area contributed by atoms with Crippen LogP contribution < -0.4 is 10.2 Å². The van der Waals surface area contributed by atoms with Gasteiger partial charge in [0.2, 0.25) is 0 Å². The summed E-state index contributed by atoms with van der Waals surface area (Å²) in [4.78, 5) is 17.1. The molecule has 5 nitrogen and oxygen atoms in total. The van der Waals surface area contributed by atoms with Crippen LogP contribution >= 0.6 is 0 Å². The highest BCUT2D eigenvalue weighted by Gasteiger charge is 2.15. The Bertz CT molecular complexity index is 699. The number of hydrogen-bond donors (Lipinski definition) is 1. The van der Waals surface area contributed by atoms with Crippen LogP contribution in [-0.4, -0.2) is 57.2 Å². The van der Waals surface area contributed by atoms with Gasteiger partial charge < -0.3 is 15.0 Å². The molecule has 3 rings (SSSR count). The summed E-state index contributed by atoms with van der Waals surface area (Å²) in [7, 11) is 1.99. The summed E-state index contributed by atoms with van der Waals surface area (Å²) < 4.78 is 5.36. The minimum atomic E-state index is -0.0228. The van der Waals surface area contributed by atoms with Gasteiger partial charge in [-0.1, -0.05) is 30.3 Å². The molecule has 0 aromatic heterocycles. The van der Waals surface area contributed by atoms with Crippen LogP contribution in [-0.2, 0) is 4.74 Å². The number of morpholine rings is 1. The third kappa shape index (κ3) is 4.84. The molecule has 1 aliphatic heterocycles. The summed E-state index contributed by atoms with van der Waals surface area (Å²) in [5.74, 6) is -0.0228. The van der Waals surface area contributed by atoms with E-state index >= 15 is 0 Å². The molecule has 138 valence electrons. The van der Waals surface area contributed by atoms with E-state index in [1.807, 2.05) is 66.5 Å². The van der Waals surface area contributed by atoms with Gasteiger partial charge in [0.15, 0.2) is 0 Å². The monoisotopic (exact) mass is 353 g/mol. The quantitative estimate of drug-likeness (QED) is 0.778. The normalized spacial score (nSPS) is 14.8. The van der Waals surface area contributed by atoms with Gasteiger partial charge in [0.25, 0.3) is 5.91 Å². The summed E-state index contributed by atoms with van der Waals surface area (Å²) in [6, 6.07) is 17.8. The molecule has 1 amide bonds. The summed E-state index contributed by atoms with van der Waals surface area (Å²) in [6.07, 6.45) is 0.947. The predicted molar refractivity (Wildman–Crippen MR) is 105 cm³/mol. The number of amides is 1. The highest BCUT2D eigenvalue weighted by molar-refractivity contribution is 6.00. The van der Waals surface area contributed by atoms with Crippen molar-refractivity contribution in [2.24, 2.45) is 0 Å². The van der Waals surface area contributed by atoms with Crippen LogP contribution in [0.4, 0.5) is 11.4 Å². The molecule has 0 bridgehead atoms. The molecule has 1 heterocycles. The Hall–Kier alpha value is -2.37. The fourth-order valence-electron chi connectivity index (χ4n) is 3.17. The summed E-state index contributed by atoms with van der Waals surface area (Å²) in [5, 5.41) is 3.06. The van der Waals surface area contributed by atoms with E-state index in [1.165, 1.54) is 0 Å². The first-order chi connectivity index (χ1) is 12.8. The van der Waals surface area contributed by atoms with Crippen LogP contribution in [0.5, 0.6) is 0 Å². The lowest BCUT2D eigenvalue weighted by molar-refractivity contribution is 0.0374. The van der Waals surface area contributed by atoms with Gasteiger partial charge in [-0.25, -0.2) is 0 Å². The van der Waals surface area contributed by atoms with E-state index in [0.717, 1.165) is 50.6 Å². The number of hydrogen-bond acceptors (Lipinski definition) is 4. The zero-order chi connectivity index (χ0) is 18.2. The van der Waals surface area contributed by atoms with Crippen molar-refractivity contribution in [1.29, 1.82) is 0 Å². The van der Waals surface area contributed by atoms with E-state index in [9.17, 15) is 4.79 Å². The maximum Gasteiger partial charge on any atom is 0.253 e. The lowest BCUT2D eigenvalue weighted by Gasteiger charge is -2.26. The van der Waals surface area contributed by atoms with E-state index in [2.05, 4.69) is 10.2 Å². The van der Waals surface area contributed by atoms with Crippen molar-refractivity contribution < 1.29 is 9.53 Å². The molecule has 0 saturated carbocycles. The maximum absolute atomic E-state index is 12.7. The molecule has 2 aromatic rings. The Kier molecular flexibility index (Phi) is 6.63. The molecule has 2 aromatic carbocycles. The maximum atomic E-state index is 12.7. The molecule has 0 aliphatic carbocycles. The summed E-state index contributed by atoms with van der Waals surface area (Å²) in [6.45, 7) is 5.27. The highest BCUT2D eigenvalue weighted by Crippen LogP contribution is 2.26. The second-order valence-electron chi connectivity index (χ2n) is 6.48. The molecule has 5 heteroatoms. The Morgan fingerprint density at radius 3 is 2.54 bits per heavy atom. The van der Waals surface area contributed by atoms with Crippen molar-refractivity contribution >= 4 is 17.3 Å². The molecular weight excluding hydrogens is 326 g/mol. The zero-order valence-electron chi connectivity index (χ0n) is 15.4. The number of carbonyl (C=O) groups is 1. The summed E-state index contributed by atoms with van der Waals surface area (Å²) in [5.41, 5.74) is 2.66. The molecule has 26 heavy (non-hydrogen) atoms. The van der Waals surface area contributed by atoms with Crippen LogP contribution in [0, 0.1) is 0 Å². The van der Waals surface area contributed by atoms with Gasteiger partial charge in [0, 0.05) is 32.4 Å². The van der Waals surface area contributed by atoms with Gasteiger partial charge in [0.05, 0.1) is 24.5 Å². The molecule has 0 radical (unpaired) electrons. The molecule has 1 aliphatic rings. The SMILES string of the molecule is CN(c1ccccc1)c1ccccc1C(=O)NCCCN1CCOCC1. The van der Waals surface area contributed by atoms with Crippen molar-refractivity contribution in [3.05, 3.63) is 60.2 Å². The number of nitrogens with zero attached hydrogens (tertiary/aromatic N) is 2. The first kappa shape index (κ1) is 18.4. The molecule has 0 spiro atoms. The smallest absolute Gasteiger partial charge is 0.253 e. The number of anilines is 2. The van der Waals surface area contributed by atoms with Crippen molar-refractivity contribution in [2.75, 3.05) is 51.3 Å². The Morgan fingerprint density at radius 2 is 1.77 bits per heavy atom. The van der Waals surface area contributed by atoms with Gasteiger partial charge in [-0.05, 0) is 37.2 Å². The van der Waals surface area contributed by atoms with Crippen molar-refractivity contribution in [1.82, 2.24) is 10.2 Å². The third-order valence-corrected chi connectivity index (χ3v) is 4.69. The molecule has 1 N–H and O–H groups in total. The van der Waals surface area contributed by atoms with Gasteiger partial charge in [-0.15, -0.1) is 0 Å². The zero-order valence-corrected chi connectivity index (χ0v) is 15.4. The van der Waals surface area contributed by atoms with Crippen LogP contribution in [0.2, 0.25) is 0 Å². The predicted octanol–water partition coefficient (Wildman–Crippen LogP) is 2.91. The number of nitrogens with one attached hydrogen (secondary N) is 1. The topological polar surface area (TPSA) is 44.8 Å². The van der Waals surface area contributed by atoms with E-state index in [1.54, 1.807) is 0 Å². The number of carbonyl (C=O) groups excluding carboxylic acids is 1. The van der Waals surface area contributed by atoms with Gasteiger partial charge in [-0.3, -0.25) is 9.69 Å². The van der Waals surface area contributed by atoms with Crippen molar-refractivity contribution in [2.45, 2.75) is 6.42 Å². The Morgan fingerprint density at radius 1 is 1.08 bits per heavy atom. The first-order valence-electron chi connectivity index (χ1n) is 9.22. The number of benzene rings is 2. The fraction of sp³-hybridized carbons (Fsp3) is 0.381. The Balaban J connectivity index is 1.57. The molecular formula is C21H27N3O2. The highest BCUT2D eigenvalue weighted by atomic mass is 16.5. The molecule has 1 fully saturated rings. The van der Waals surface area contributed by atoms with E-state index < -0.39 is 0 Å². The van der Waals surface area contributed by atoms with Gasteiger partial charge >= 0.3 is 0 Å². The largest absolute Gasteiger partial charge is 0.379 e. The average Bonchev–Trinajstić information content (AvgIpc) is 2.72. The van der Waals surface area contributed by atoms with E-state index in [-0.39, 0.29) is 5.91 Å². The molecule has 1 saturated heterocycles. The van der Waals surface area contributed by atoms with Gasteiger partial charge in [0.1, 0.15) is 0 Å². The van der Waals surface area contributed by atoms with Crippen molar-refractivity contribution in [3.63, 3.8) is 0 Å². The van der Waals surface area contributed by atoms with Crippen LogP contribution in [0.25, 0.3) is 0 Å². The number of para-hydroxylation sites is 2. The second kappa shape index (κ2) is 9.36. The minimum absolute atomic E-state index is 0.0228. The van der Waals surface area contributed by atoms with E-state index in [4.69, 9.17) is 4.74 Å².